The topological polar surface area (TPSA) is 54.4 Å². The quantitative estimate of drug-likeness (QED) is 0.861. The van der Waals surface area contributed by atoms with E-state index in [1.807, 2.05) is 0 Å². The fraction of sp³-hybridized carbons (Fsp3) is 0.0667. The predicted octanol–water partition coefficient (Wildman–Crippen LogP) is 3.06. The molecule has 0 aliphatic heterocycles. The van der Waals surface area contributed by atoms with Crippen molar-refractivity contribution in [2.24, 2.45) is 0 Å². The second kappa shape index (κ2) is 5.02. The molecule has 0 radical (unpaired) electrons. The van der Waals surface area contributed by atoms with Crippen LogP contribution in [0.3, 0.4) is 0 Å². The standard InChI is InChI=1S/C15H11FO3/c1-9-8-10(6-7-11(9)15(18)19)14(17)12-4-2-3-5-13(12)16/h2-8H,1H3,(H,18,19). The van der Waals surface area contributed by atoms with Crippen LogP contribution in [-0.2, 0) is 0 Å². The lowest BCUT2D eigenvalue weighted by Gasteiger charge is -2.05. The SMILES string of the molecule is Cc1cc(C(=O)c2ccccc2F)ccc1C(=O)O. The molecule has 1 N–H and O–H groups in total. The summed E-state index contributed by atoms with van der Waals surface area (Å²) < 4.78 is 13.5. The molecule has 0 bridgehead atoms. The Bertz CT molecular complexity index is 662. The molecule has 0 atom stereocenters. The number of hydrogen-bond acceptors (Lipinski definition) is 2. The number of halogens is 1. The molecule has 3 nitrogen and oxygen atoms in total. The molecule has 0 aliphatic carbocycles. The summed E-state index contributed by atoms with van der Waals surface area (Å²) in [6.45, 7) is 1.60. The van der Waals surface area contributed by atoms with E-state index in [-0.39, 0.29) is 16.7 Å². The summed E-state index contributed by atoms with van der Waals surface area (Å²) in [5.41, 5.74) is 0.845. The molecule has 0 heterocycles. The van der Waals surface area contributed by atoms with Gasteiger partial charge in [0.1, 0.15) is 5.82 Å². The van der Waals surface area contributed by atoms with E-state index in [2.05, 4.69) is 0 Å². The molecule has 0 amide bonds. The minimum Gasteiger partial charge on any atom is -0.478 e. The lowest BCUT2D eigenvalue weighted by molar-refractivity contribution is 0.0695. The van der Waals surface area contributed by atoms with Gasteiger partial charge in [0.2, 0.25) is 0 Å². The van der Waals surface area contributed by atoms with Gasteiger partial charge in [0.25, 0.3) is 0 Å². The van der Waals surface area contributed by atoms with Gasteiger partial charge < -0.3 is 5.11 Å². The first-order valence-electron chi connectivity index (χ1n) is 5.64. The maximum Gasteiger partial charge on any atom is 0.335 e. The first kappa shape index (κ1) is 13.0. The number of carboxylic acids is 1. The molecule has 0 spiro atoms. The molecule has 0 saturated heterocycles. The third-order valence-corrected chi connectivity index (χ3v) is 2.84. The Balaban J connectivity index is 2.43. The van der Waals surface area contributed by atoms with Crippen molar-refractivity contribution in [3.8, 4) is 0 Å². The monoisotopic (exact) mass is 258 g/mol. The highest BCUT2D eigenvalue weighted by Crippen LogP contribution is 2.17. The van der Waals surface area contributed by atoms with E-state index >= 15 is 0 Å². The number of carboxylic acid groups (broad SMARTS) is 1. The molecule has 2 rings (SSSR count). The van der Waals surface area contributed by atoms with Gasteiger partial charge in [0.05, 0.1) is 11.1 Å². The Hall–Kier alpha value is -2.49. The van der Waals surface area contributed by atoms with Gasteiger partial charge in [-0.1, -0.05) is 18.2 Å². The maximum atomic E-state index is 13.5. The van der Waals surface area contributed by atoms with Crippen LogP contribution in [0.25, 0.3) is 0 Å². The smallest absolute Gasteiger partial charge is 0.335 e. The molecule has 0 aromatic heterocycles. The Morgan fingerprint density at radius 3 is 2.32 bits per heavy atom. The van der Waals surface area contributed by atoms with E-state index in [1.165, 1.54) is 36.4 Å². The molecular formula is C15H11FO3. The number of carbonyl (C=O) groups is 2. The van der Waals surface area contributed by atoms with Crippen LogP contribution in [0.1, 0.15) is 31.8 Å². The number of ketones is 1. The second-order valence-corrected chi connectivity index (χ2v) is 4.14. The van der Waals surface area contributed by atoms with Gasteiger partial charge in [-0.25, -0.2) is 9.18 Å². The van der Waals surface area contributed by atoms with Crippen molar-refractivity contribution in [3.05, 3.63) is 70.5 Å². The van der Waals surface area contributed by atoms with Crippen LogP contribution in [-0.4, -0.2) is 16.9 Å². The van der Waals surface area contributed by atoms with Crippen LogP contribution in [0, 0.1) is 12.7 Å². The number of aryl methyl sites for hydroxylation is 1. The van der Waals surface area contributed by atoms with Crippen molar-refractivity contribution in [2.75, 3.05) is 0 Å². The number of rotatable bonds is 3. The van der Waals surface area contributed by atoms with E-state index in [9.17, 15) is 14.0 Å². The summed E-state index contributed by atoms with van der Waals surface area (Å²) in [5, 5.41) is 8.91. The molecule has 19 heavy (non-hydrogen) atoms. The van der Waals surface area contributed by atoms with Gasteiger partial charge in [-0.2, -0.15) is 0 Å². The summed E-state index contributed by atoms with van der Waals surface area (Å²) in [7, 11) is 0. The van der Waals surface area contributed by atoms with Crippen molar-refractivity contribution in [1.82, 2.24) is 0 Å². The molecule has 0 aliphatic rings. The van der Waals surface area contributed by atoms with Crippen molar-refractivity contribution < 1.29 is 19.1 Å². The number of carbonyl (C=O) groups excluding carboxylic acids is 1. The molecule has 4 heteroatoms. The molecule has 0 unspecified atom stereocenters. The van der Waals surface area contributed by atoms with Crippen LogP contribution in [0.5, 0.6) is 0 Å². The van der Waals surface area contributed by atoms with Crippen LogP contribution < -0.4 is 0 Å². The Morgan fingerprint density at radius 2 is 1.74 bits per heavy atom. The summed E-state index contributed by atoms with van der Waals surface area (Å²) in [6, 6.07) is 9.90. The largest absolute Gasteiger partial charge is 0.478 e. The number of benzene rings is 2. The molecule has 2 aromatic carbocycles. The molecule has 2 aromatic rings. The van der Waals surface area contributed by atoms with Crippen molar-refractivity contribution in [2.45, 2.75) is 6.92 Å². The van der Waals surface area contributed by atoms with Crippen LogP contribution in [0.15, 0.2) is 42.5 Å². The van der Waals surface area contributed by atoms with E-state index in [4.69, 9.17) is 5.11 Å². The number of hydrogen-bond donors (Lipinski definition) is 1. The zero-order valence-corrected chi connectivity index (χ0v) is 10.2. The summed E-state index contributed by atoms with van der Waals surface area (Å²) >= 11 is 0. The minimum absolute atomic E-state index is 0.0232. The lowest BCUT2D eigenvalue weighted by Crippen LogP contribution is -2.06. The first-order valence-corrected chi connectivity index (χ1v) is 5.64. The van der Waals surface area contributed by atoms with Gasteiger partial charge in [-0.3, -0.25) is 4.79 Å². The van der Waals surface area contributed by atoms with Crippen molar-refractivity contribution >= 4 is 11.8 Å². The molecular weight excluding hydrogens is 247 g/mol. The highest BCUT2D eigenvalue weighted by Gasteiger charge is 2.15. The second-order valence-electron chi connectivity index (χ2n) is 4.14. The molecule has 0 saturated carbocycles. The minimum atomic E-state index is -1.05. The lowest BCUT2D eigenvalue weighted by atomic mass is 9.98. The first-order chi connectivity index (χ1) is 9.00. The van der Waals surface area contributed by atoms with E-state index in [0.29, 0.717) is 5.56 Å². The highest BCUT2D eigenvalue weighted by molar-refractivity contribution is 6.09. The van der Waals surface area contributed by atoms with Gasteiger partial charge in [-0.15, -0.1) is 0 Å². The maximum absolute atomic E-state index is 13.5. The average molecular weight is 258 g/mol. The Kier molecular flexibility index (Phi) is 3.42. The van der Waals surface area contributed by atoms with E-state index < -0.39 is 17.6 Å². The fourth-order valence-electron chi connectivity index (χ4n) is 1.85. The number of aromatic carboxylic acids is 1. The fourth-order valence-corrected chi connectivity index (χ4v) is 1.85. The Morgan fingerprint density at radius 1 is 1.05 bits per heavy atom. The highest BCUT2D eigenvalue weighted by atomic mass is 19.1. The summed E-state index contributed by atoms with van der Waals surface area (Å²) in [5.74, 6) is -2.10. The zero-order valence-electron chi connectivity index (χ0n) is 10.2. The van der Waals surface area contributed by atoms with Gasteiger partial charge in [0.15, 0.2) is 5.78 Å². The summed E-state index contributed by atoms with van der Waals surface area (Å²) in [6.07, 6.45) is 0. The average Bonchev–Trinajstić information content (AvgIpc) is 2.38. The van der Waals surface area contributed by atoms with Crippen LogP contribution in [0.4, 0.5) is 4.39 Å². The molecule has 0 fully saturated rings. The predicted molar refractivity (Wildman–Crippen MR) is 68.0 cm³/mol. The van der Waals surface area contributed by atoms with Crippen LogP contribution in [0.2, 0.25) is 0 Å². The van der Waals surface area contributed by atoms with Gasteiger partial charge in [-0.05, 0) is 36.8 Å². The van der Waals surface area contributed by atoms with Gasteiger partial charge >= 0.3 is 5.97 Å². The normalized spacial score (nSPS) is 10.2. The third kappa shape index (κ3) is 2.52. The van der Waals surface area contributed by atoms with E-state index in [0.717, 1.165) is 0 Å². The summed E-state index contributed by atoms with van der Waals surface area (Å²) in [4.78, 5) is 23.0. The van der Waals surface area contributed by atoms with Gasteiger partial charge in [0, 0.05) is 5.56 Å². The van der Waals surface area contributed by atoms with Crippen molar-refractivity contribution in [1.29, 1.82) is 0 Å². The van der Waals surface area contributed by atoms with Crippen LogP contribution >= 0.6 is 0 Å². The zero-order chi connectivity index (χ0) is 14.0. The third-order valence-electron chi connectivity index (χ3n) is 2.84. The molecule has 96 valence electrons. The van der Waals surface area contributed by atoms with E-state index in [1.54, 1.807) is 13.0 Å². The Labute approximate surface area is 109 Å². The van der Waals surface area contributed by atoms with Crippen molar-refractivity contribution in [3.63, 3.8) is 0 Å².